The number of anilines is 1. The van der Waals surface area contributed by atoms with Gasteiger partial charge in [0.2, 0.25) is 17.7 Å². The van der Waals surface area contributed by atoms with Gasteiger partial charge < -0.3 is 14.5 Å². The molecule has 0 saturated heterocycles. The minimum absolute atomic E-state index is 0.154. The van der Waals surface area contributed by atoms with Gasteiger partial charge in [-0.15, -0.1) is 10.2 Å². The van der Waals surface area contributed by atoms with Crippen molar-refractivity contribution in [3.63, 3.8) is 0 Å². The lowest BCUT2D eigenvalue weighted by atomic mass is 10.2. The summed E-state index contributed by atoms with van der Waals surface area (Å²) in [5, 5.41) is 10.5. The zero-order valence-electron chi connectivity index (χ0n) is 13.5. The van der Waals surface area contributed by atoms with E-state index in [1.165, 1.54) is 18.2 Å². The molecule has 0 aliphatic carbocycles. The number of carbonyl (C=O) groups is 1. The summed E-state index contributed by atoms with van der Waals surface area (Å²) < 4.78 is 23.7. The van der Waals surface area contributed by atoms with Crippen molar-refractivity contribution >= 4 is 11.6 Å². The van der Waals surface area contributed by atoms with Crippen molar-refractivity contribution in [2.45, 2.75) is 12.8 Å². The summed E-state index contributed by atoms with van der Waals surface area (Å²) in [5.74, 6) is 0.814. The van der Waals surface area contributed by atoms with Crippen LogP contribution in [0.15, 0.2) is 52.9 Å². The number of nitrogens with zero attached hydrogens (tertiary/aromatic N) is 2. The fraction of sp³-hybridized carbons (Fsp3) is 0.167. The Morgan fingerprint density at radius 3 is 2.72 bits per heavy atom. The Hall–Kier alpha value is -3.22. The molecule has 1 amide bonds. The molecule has 0 aliphatic heterocycles. The van der Waals surface area contributed by atoms with Gasteiger partial charge in [0.25, 0.3) is 0 Å². The molecule has 25 heavy (non-hydrogen) atoms. The predicted molar refractivity (Wildman–Crippen MR) is 89.6 cm³/mol. The highest BCUT2D eigenvalue weighted by molar-refractivity contribution is 5.90. The summed E-state index contributed by atoms with van der Waals surface area (Å²) >= 11 is 0. The van der Waals surface area contributed by atoms with Crippen LogP contribution in [-0.4, -0.2) is 23.2 Å². The van der Waals surface area contributed by atoms with Crippen LogP contribution in [0.2, 0.25) is 0 Å². The summed E-state index contributed by atoms with van der Waals surface area (Å²) in [5.41, 5.74) is 1.18. The smallest absolute Gasteiger partial charge is 0.247 e. The number of carbonyl (C=O) groups excluding carboxylic acids is 1. The molecule has 3 rings (SSSR count). The molecule has 1 heterocycles. The molecule has 1 N–H and O–H groups in total. The summed E-state index contributed by atoms with van der Waals surface area (Å²) in [6.07, 6.45) is 0.449. The van der Waals surface area contributed by atoms with E-state index in [0.717, 1.165) is 11.3 Å². The number of aryl methyl sites for hydroxylation is 1. The monoisotopic (exact) mass is 341 g/mol. The largest absolute Gasteiger partial charge is 0.497 e. The number of ether oxygens (including phenoxy) is 1. The van der Waals surface area contributed by atoms with Gasteiger partial charge in [0.05, 0.1) is 7.11 Å². The van der Waals surface area contributed by atoms with Crippen LogP contribution in [-0.2, 0) is 11.2 Å². The Morgan fingerprint density at radius 2 is 2.00 bits per heavy atom. The number of rotatable bonds is 6. The van der Waals surface area contributed by atoms with Gasteiger partial charge in [-0.3, -0.25) is 4.79 Å². The average Bonchev–Trinajstić information content (AvgIpc) is 3.09. The minimum Gasteiger partial charge on any atom is -0.497 e. The zero-order valence-corrected chi connectivity index (χ0v) is 13.5. The van der Waals surface area contributed by atoms with Crippen LogP contribution in [0.25, 0.3) is 11.5 Å². The summed E-state index contributed by atoms with van der Waals surface area (Å²) in [4.78, 5) is 11.9. The van der Waals surface area contributed by atoms with E-state index < -0.39 is 5.82 Å². The molecule has 0 unspecified atom stereocenters. The number of methoxy groups -OCH3 is 1. The Labute approximate surface area is 143 Å². The van der Waals surface area contributed by atoms with Gasteiger partial charge in [-0.25, -0.2) is 4.39 Å². The van der Waals surface area contributed by atoms with Gasteiger partial charge in [0.15, 0.2) is 0 Å². The maximum atomic E-state index is 13.1. The molecular weight excluding hydrogens is 325 g/mol. The standard InChI is InChI=1S/C18H16FN3O3/c1-24-15-7-5-12(6-8-15)18-22-21-17(25-18)10-9-16(23)20-14-4-2-3-13(19)11-14/h2-8,11H,9-10H2,1H3,(H,20,23). The van der Waals surface area contributed by atoms with Crippen LogP contribution in [0.4, 0.5) is 10.1 Å². The first-order valence-corrected chi connectivity index (χ1v) is 7.66. The highest BCUT2D eigenvalue weighted by atomic mass is 19.1. The van der Waals surface area contributed by atoms with Crippen molar-refractivity contribution in [2.24, 2.45) is 0 Å². The molecule has 7 heteroatoms. The molecule has 0 radical (unpaired) electrons. The summed E-state index contributed by atoms with van der Waals surface area (Å²) in [6.45, 7) is 0. The number of aromatic nitrogens is 2. The lowest BCUT2D eigenvalue weighted by Crippen LogP contribution is -2.12. The average molecular weight is 341 g/mol. The summed E-state index contributed by atoms with van der Waals surface area (Å²) in [6, 6.07) is 12.9. The van der Waals surface area contributed by atoms with Crippen molar-refractivity contribution in [3.05, 3.63) is 60.2 Å². The van der Waals surface area contributed by atoms with Gasteiger partial charge >= 0.3 is 0 Å². The number of nitrogens with one attached hydrogen (secondary N) is 1. The van der Waals surface area contributed by atoms with E-state index in [1.807, 2.05) is 12.1 Å². The maximum Gasteiger partial charge on any atom is 0.247 e. The highest BCUT2D eigenvalue weighted by Gasteiger charge is 2.11. The molecule has 2 aromatic carbocycles. The quantitative estimate of drug-likeness (QED) is 0.743. The lowest BCUT2D eigenvalue weighted by molar-refractivity contribution is -0.116. The molecule has 3 aromatic rings. The van der Waals surface area contributed by atoms with E-state index in [0.29, 0.717) is 23.9 Å². The topological polar surface area (TPSA) is 77.2 Å². The van der Waals surface area contributed by atoms with Crippen LogP contribution >= 0.6 is 0 Å². The second kappa shape index (κ2) is 7.57. The van der Waals surface area contributed by atoms with Gasteiger partial charge in [0.1, 0.15) is 11.6 Å². The van der Waals surface area contributed by atoms with Crippen molar-refractivity contribution in [1.29, 1.82) is 0 Å². The molecule has 0 saturated carbocycles. The Balaban J connectivity index is 1.56. The van der Waals surface area contributed by atoms with Crippen molar-refractivity contribution < 1.29 is 18.3 Å². The van der Waals surface area contributed by atoms with Crippen LogP contribution in [0.1, 0.15) is 12.3 Å². The number of hydrogen-bond acceptors (Lipinski definition) is 5. The first-order chi connectivity index (χ1) is 12.1. The van der Waals surface area contributed by atoms with E-state index >= 15 is 0 Å². The van der Waals surface area contributed by atoms with E-state index in [-0.39, 0.29) is 12.3 Å². The SMILES string of the molecule is COc1ccc(-c2nnc(CCC(=O)Nc3cccc(F)c3)o2)cc1. The molecule has 0 atom stereocenters. The number of halogens is 1. The molecule has 0 spiro atoms. The number of amides is 1. The Morgan fingerprint density at radius 1 is 1.20 bits per heavy atom. The normalized spacial score (nSPS) is 10.5. The van der Waals surface area contributed by atoms with E-state index in [9.17, 15) is 9.18 Å². The summed E-state index contributed by atoms with van der Waals surface area (Å²) in [7, 11) is 1.59. The third kappa shape index (κ3) is 4.41. The Bertz CT molecular complexity index is 862. The van der Waals surface area contributed by atoms with E-state index in [1.54, 1.807) is 25.3 Å². The fourth-order valence-corrected chi connectivity index (χ4v) is 2.22. The van der Waals surface area contributed by atoms with Crippen LogP contribution in [0, 0.1) is 5.82 Å². The third-order valence-corrected chi connectivity index (χ3v) is 3.48. The van der Waals surface area contributed by atoms with Gasteiger partial charge in [-0.2, -0.15) is 0 Å². The molecule has 128 valence electrons. The Kier molecular flexibility index (Phi) is 5.03. The van der Waals surface area contributed by atoms with E-state index in [2.05, 4.69) is 15.5 Å². The van der Waals surface area contributed by atoms with E-state index in [4.69, 9.17) is 9.15 Å². The van der Waals surface area contributed by atoms with Crippen molar-refractivity contribution in [1.82, 2.24) is 10.2 Å². The third-order valence-electron chi connectivity index (χ3n) is 3.48. The predicted octanol–water partition coefficient (Wildman–Crippen LogP) is 3.46. The number of hydrogen-bond donors (Lipinski definition) is 1. The minimum atomic E-state index is -0.404. The van der Waals surface area contributed by atoms with Crippen molar-refractivity contribution in [3.8, 4) is 17.2 Å². The van der Waals surface area contributed by atoms with Gasteiger partial charge in [-0.1, -0.05) is 6.07 Å². The van der Waals surface area contributed by atoms with Crippen molar-refractivity contribution in [2.75, 3.05) is 12.4 Å². The second-order valence-electron chi connectivity index (χ2n) is 5.29. The first kappa shape index (κ1) is 16.6. The van der Waals surface area contributed by atoms with Gasteiger partial charge in [0, 0.05) is 24.1 Å². The highest BCUT2D eigenvalue weighted by Crippen LogP contribution is 2.21. The molecule has 6 nitrogen and oxygen atoms in total. The molecule has 0 aliphatic rings. The van der Waals surface area contributed by atoms with Crippen LogP contribution < -0.4 is 10.1 Å². The fourth-order valence-electron chi connectivity index (χ4n) is 2.22. The van der Waals surface area contributed by atoms with Crippen LogP contribution in [0.3, 0.4) is 0 Å². The molecule has 0 fully saturated rings. The maximum absolute atomic E-state index is 13.1. The number of benzene rings is 2. The zero-order chi connectivity index (χ0) is 17.6. The van der Waals surface area contributed by atoms with Crippen LogP contribution in [0.5, 0.6) is 5.75 Å². The lowest BCUT2D eigenvalue weighted by Gasteiger charge is -2.03. The second-order valence-corrected chi connectivity index (χ2v) is 5.29. The first-order valence-electron chi connectivity index (χ1n) is 7.66. The molecule has 1 aromatic heterocycles. The molecular formula is C18H16FN3O3. The molecule has 0 bridgehead atoms. The van der Waals surface area contributed by atoms with Gasteiger partial charge in [-0.05, 0) is 42.5 Å².